The predicted octanol–water partition coefficient (Wildman–Crippen LogP) is 1.14. The first-order chi connectivity index (χ1) is 10.3. The Bertz CT molecular complexity index is 449. The molecule has 5 nitrogen and oxygen atoms in total. The first-order valence-corrected chi connectivity index (χ1v) is 8.14. The molecule has 21 heavy (non-hydrogen) atoms. The maximum Gasteiger partial charge on any atom is 0.191 e. The van der Waals surface area contributed by atoms with Gasteiger partial charge in [0.15, 0.2) is 5.96 Å². The van der Waals surface area contributed by atoms with Crippen LogP contribution in [-0.4, -0.2) is 54.7 Å². The van der Waals surface area contributed by atoms with Crippen LogP contribution in [0.3, 0.4) is 0 Å². The minimum absolute atomic E-state index is 0.772. The third kappa shape index (κ3) is 4.24. The molecule has 2 fully saturated rings. The van der Waals surface area contributed by atoms with Crippen molar-refractivity contribution in [3.05, 3.63) is 24.5 Å². The maximum atomic E-state index is 4.31. The number of nitrogens with zero attached hydrogens (tertiary/aromatic N) is 3. The summed E-state index contributed by atoms with van der Waals surface area (Å²) >= 11 is 0. The second kappa shape index (κ2) is 6.98. The number of aliphatic imine (C=N–C) groups is 1. The van der Waals surface area contributed by atoms with Crippen molar-refractivity contribution in [3.63, 3.8) is 0 Å². The Balaban J connectivity index is 1.33. The van der Waals surface area contributed by atoms with Crippen LogP contribution in [0.5, 0.6) is 0 Å². The highest BCUT2D eigenvalue weighted by molar-refractivity contribution is 5.79. The molecule has 0 aromatic carbocycles. The van der Waals surface area contributed by atoms with Gasteiger partial charge in [-0.25, -0.2) is 0 Å². The van der Waals surface area contributed by atoms with E-state index in [-0.39, 0.29) is 0 Å². The van der Waals surface area contributed by atoms with Crippen molar-refractivity contribution in [1.29, 1.82) is 0 Å². The minimum Gasteiger partial charge on any atom is -0.356 e. The molecule has 0 amide bonds. The van der Waals surface area contributed by atoms with Crippen LogP contribution >= 0.6 is 0 Å². The predicted molar refractivity (Wildman–Crippen MR) is 86.5 cm³/mol. The molecule has 0 spiro atoms. The summed E-state index contributed by atoms with van der Waals surface area (Å²) in [5, 5.41) is 6.86. The van der Waals surface area contributed by atoms with Crippen LogP contribution in [0.25, 0.3) is 0 Å². The van der Waals surface area contributed by atoms with E-state index in [1.54, 1.807) is 0 Å². The lowest BCUT2D eigenvalue weighted by molar-refractivity contribution is 0.314. The van der Waals surface area contributed by atoms with Gasteiger partial charge in [-0.1, -0.05) is 0 Å². The molecule has 1 unspecified atom stereocenters. The van der Waals surface area contributed by atoms with Gasteiger partial charge in [-0.3, -0.25) is 4.99 Å². The van der Waals surface area contributed by atoms with Crippen molar-refractivity contribution in [3.8, 4) is 0 Å². The fraction of sp³-hybridized carbons (Fsp3) is 0.688. The smallest absolute Gasteiger partial charge is 0.191 e. The quantitative estimate of drug-likeness (QED) is 0.610. The van der Waals surface area contributed by atoms with E-state index in [1.807, 2.05) is 7.05 Å². The molecule has 1 atom stereocenters. The van der Waals surface area contributed by atoms with Crippen LogP contribution in [0.1, 0.15) is 19.3 Å². The lowest BCUT2D eigenvalue weighted by atomic mass is 10.1. The van der Waals surface area contributed by atoms with Crippen molar-refractivity contribution in [2.24, 2.45) is 10.9 Å². The van der Waals surface area contributed by atoms with Gasteiger partial charge in [0, 0.05) is 51.7 Å². The first-order valence-electron chi connectivity index (χ1n) is 8.14. The molecule has 0 bridgehead atoms. The van der Waals surface area contributed by atoms with Crippen LogP contribution in [-0.2, 0) is 6.54 Å². The number of hydrogen-bond acceptors (Lipinski definition) is 2. The van der Waals surface area contributed by atoms with Gasteiger partial charge in [-0.2, -0.15) is 0 Å². The minimum atomic E-state index is 0.772. The molecule has 1 saturated carbocycles. The van der Waals surface area contributed by atoms with Crippen LogP contribution < -0.4 is 10.6 Å². The Morgan fingerprint density at radius 1 is 1.19 bits per heavy atom. The zero-order valence-corrected chi connectivity index (χ0v) is 13.0. The summed E-state index contributed by atoms with van der Waals surface area (Å²) in [6, 6.07) is 5.02. The van der Waals surface area contributed by atoms with Crippen molar-refractivity contribution >= 4 is 5.96 Å². The van der Waals surface area contributed by atoms with Crippen LogP contribution in [0.2, 0.25) is 0 Å². The average molecular weight is 289 g/mol. The molecule has 116 valence electrons. The van der Waals surface area contributed by atoms with Gasteiger partial charge in [0.25, 0.3) is 0 Å². The number of aromatic nitrogens is 1. The highest BCUT2D eigenvalue weighted by Gasteiger charge is 2.34. The SMILES string of the molecule is CN=C(NCCn1cccc1)NCC1CCN(C2CC2)C1. The van der Waals surface area contributed by atoms with Gasteiger partial charge in [0.05, 0.1) is 0 Å². The third-order valence-electron chi connectivity index (χ3n) is 4.49. The Morgan fingerprint density at radius 3 is 2.71 bits per heavy atom. The maximum absolute atomic E-state index is 4.31. The Hall–Kier alpha value is -1.49. The van der Waals surface area contributed by atoms with E-state index in [0.29, 0.717) is 0 Å². The molecule has 1 aliphatic carbocycles. The summed E-state index contributed by atoms with van der Waals surface area (Å²) in [5.74, 6) is 1.70. The summed E-state index contributed by atoms with van der Waals surface area (Å²) < 4.78 is 2.17. The molecule has 2 N–H and O–H groups in total. The molecule has 1 aromatic heterocycles. The van der Waals surface area contributed by atoms with Gasteiger partial charge in [-0.05, 0) is 43.9 Å². The zero-order valence-electron chi connectivity index (χ0n) is 13.0. The van der Waals surface area contributed by atoms with Gasteiger partial charge >= 0.3 is 0 Å². The summed E-state index contributed by atoms with van der Waals surface area (Å²) in [4.78, 5) is 6.97. The highest BCUT2D eigenvalue weighted by atomic mass is 15.2. The van der Waals surface area contributed by atoms with Crippen LogP contribution in [0.4, 0.5) is 0 Å². The third-order valence-corrected chi connectivity index (χ3v) is 4.49. The van der Waals surface area contributed by atoms with E-state index >= 15 is 0 Å². The molecule has 1 saturated heterocycles. The second-order valence-corrected chi connectivity index (χ2v) is 6.18. The Labute approximate surface area is 127 Å². The molecule has 0 radical (unpaired) electrons. The highest BCUT2D eigenvalue weighted by Crippen LogP contribution is 2.31. The number of rotatable bonds is 6. The van der Waals surface area contributed by atoms with E-state index in [4.69, 9.17) is 0 Å². The standard InChI is InChI=1S/C16H27N5/c1-17-16(18-7-11-20-8-2-3-9-20)19-12-14-6-10-21(13-14)15-4-5-15/h2-3,8-9,14-15H,4-7,10-13H2,1H3,(H2,17,18,19). The summed E-state index contributed by atoms with van der Waals surface area (Å²) in [7, 11) is 1.84. The number of guanidine groups is 1. The van der Waals surface area contributed by atoms with Crippen LogP contribution in [0.15, 0.2) is 29.5 Å². The lowest BCUT2D eigenvalue weighted by Crippen LogP contribution is -2.41. The van der Waals surface area contributed by atoms with E-state index < -0.39 is 0 Å². The number of hydrogen-bond donors (Lipinski definition) is 2. The molecule has 5 heteroatoms. The van der Waals surface area contributed by atoms with Gasteiger partial charge in [0.2, 0.25) is 0 Å². The number of likely N-dealkylation sites (tertiary alicyclic amines) is 1. The first kappa shape index (κ1) is 14.4. The average Bonchev–Trinajstić information content (AvgIpc) is 3.02. The Kier molecular flexibility index (Phi) is 4.80. The summed E-state index contributed by atoms with van der Waals surface area (Å²) in [5.41, 5.74) is 0. The molecule has 2 aliphatic rings. The molecular formula is C16H27N5. The normalized spacial score (nSPS) is 23.5. The van der Waals surface area contributed by atoms with E-state index in [1.165, 1.54) is 32.4 Å². The molecule has 2 heterocycles. The summed E-state index contributed by atoms with van der Waals surface area (Å²) in [6.07, 6.45) is 8.33. The van der Waals surface area contributed by atoms with Crippen LogP contribution in [0, 0.1) is 5.92 Å². The van der Waals surface area contributed by atoms with E-state index in [2.05, 4.69) is 49.6 Å². The van der Waals surface area contributed by atoms with Gasteiger partial charge < -0.3 is 20.1 Å². The summed E-state index contributed by atoms with van der Waals surface area (Å²) in [6.45, 7) is 5.45. The van der Waals surface area contributed by atoms with Crippen molar-refractivity contribution in [2.45, 2.75) is 31.8 Å². The largest absolute Gasteiger partial charge is 0.356 e. The monoisotopic (exact) mass is 289 g/mol. The molecular weight excluding hydrogens is 262 g/mol. The van der Waals surface area contributed by atoms with E-state index in [9.17, 15) is 0 Å². The Morgan fingerprint density at radius 2 is 2.00 bits per heavy atom. The van der Waals surface area contributed by atoms with Crippen molar-refractivity contribution in [2.75, 3.05) is 33.2 Å². The topological polar surface area (TPSA) is 44.6 Å². The second-order valence-electron chi connectivity index (χ2n) is 6.18. The molecule has 1 aliphatic heterocycles. The fourth-order valence-electron chi connectivity index (χ4n) is 3.08. The fourth-order valence-corrected chi connectivity index (χ4v) is 3.08. The molecule has 3 rings (SSSR count). The van der Waals surface area contributed by atoms with Gasteiger partial charge in [-0.15, -0.1) is 0 Å². The zero-order chi connectivity index (χ0) is 14.5. The number of nitrogens with one attached hydrogen (secondary N) is 2. The van der Waals surface area contributed by atoms with Crippen molar-refractivity contribution in [1.82, 2.24) is 20.1 Å². The lowest BCUT2D eigenvalue weighted by Gasteiger charge is -2.17. The van der Waals surface area contributed by atoms with Crippen molar-refractivity contribution < 1.29 is 0 Å². The van der Waals surface area contributed by atoms with E-state index in [0.717, 1.165) is 37.6 Å². The van der Waals surface area contributed by atoms with Gasteiger partial charge in [0.1, 0.15) is 0 Å². The molecule has 1 aromatic rings.